The van der Waals surface area contributed by atoms with Gasteiger partial charge in [0.2, 0.25) is 11.6 Å². The van der Waals surface area contributed by atoms with Crippen LogP contribution in [0.2, 0.25) is 0 Å². The molecule has 0 aliphatic rings. The van der Waals surface area contributed by atoms with Crippen LogP contribution in [0.15, 0.2) is 6.07 Å². The number of phenols is 3. The Morgan fingerprint density at radius 1 is 0.571 bits per heavy atom. The van der Waals surface area contributed by atoms with Crippen LogP contribution >= 0.6 is 0 Å². The molecular weight excluding hydrogens is 306 g/mol. The number of rotatable bonds is 1. The van der Waals surface area contributed by atoms with Gasteiger partial charge in [-0.05, 0) is 6.07 Å². The minimum atomic E-state index is -2.23. The first kappa shape index (κ1) is 14.8. The predicted molar refractivity (Wildman–Crippen MR) is 56.6 cm³/mol. The molecule has 0 fully saturated rings. The van der Waals surface area contributed by atoms with Crippen LogP contribution in [-0.4, -0.2) is 15.3 Å². The van der Waals surface area contributed by atoms with Crippen molar-refractivity contribution in [1.82, 2.24) is 0 Å². The summed E-state index contributed by atoms with van der Waals surface area (Å²) in [5.41, 5.74) is -3.06. The predicted octanol–water partition coefficient (Wildman–Crippen LogP) is 3.30. The van der Waals surface area contributed by atoms with Crippen molar-refractivity contribution in [2.75, 3.05) is 0 Å². The molecule has 2 rings (SSSR count). The highest BCUT2D eigenvalue weighted by atomic mass is 19.2. The van der Waals surface area contributed by atoms with Crippen LogP contribution in [0.25, 0.3) is 11.1 Å². The SMILES string of the molecule is Oc1c(F)cc(-c2c(F)c(F)c(O)c(F)c2F)c(F)c1O. The first-order chi connectivity index (χ1) is 9.68. The Morgan fingerprint density at radius 2 is 1.05 bits per heavy atom. The fourth-order valence-corrected chi connectivity index (χ4v) is 1.64. The van der Waals surface area contributed by atoms with E-state index in [1.54, 1.807) is 0 Å². The van der Waals surface area contributed by atoms with Crippen molar-refractivity contribution >= 4 is 0 Å². The van der Waals surface area contributed by atoms with Crippen LogP contribution in [-0.2, 0) is 0 Å². The largest absolute Gasteiger partial charge is 0.503 e. The zero-order valence-corrected chi connectivity index (χ0v) is 9.69. The van der Waals surface area contributed by atoms with Crippen molar-refractivity contribution in [1.29, 1.82) is 0 Å². The van der Waals surface area contributed by atoms with E-state index in [-0.39, 0.29) is 6.07 Å². The Bertz CT molecular complexity index is 731. The van der Waals surface area contributed by atoms with Gasteiger partial charge in [-0.25, -0.2) is 17.6 Å². The summed E-state index contributed by atoms with van der Waals surface area (Å²) in [6.45, 7) is 0. The van der Waals surface area contributed by atoms with Gasteiger partial charge in [0.1, 0.15) is 0 Å². The van der Waals surface area contributed by atoms with Gasteiger partial charge < -0.3 is 15.3 Å². The minimum Gasteiger partial charge on any atom is -0.503 e. The number of aromatic hydroxyl groups is 3. The summed E-state index contributed by atoms with van der Waals surface area (Å²) in [6, 6.07) is 0.0296. The highest BCUT2D eigenvalue weighted by Crippen LogP contribution is 2.41. The van der Waals surface area contributed by atoms with Gasteiger partial charge in [0.25, 0.3) is 0 Å². The van der Waals surface area contributed by atoms with Crippen LogP contribution in [0, 0.1) is 34.9 Å². The molecule has 0 bridgehead atoms. The Balaban J connectivity index is 2.93. The molecule has 0 saturated carbocycles. The summed E-state index contributed by atoms with van der Waals surface area (Å²) < 4.78 is 80.3. The van der Waals surface area contributed by atoms with Crippen LogP contribution < -0.4 is 0 Å². The zero-order chi connectivity index (χ0) is 16.1. The van der Waals surface area contributed by atoms with Gasteiger partial charge in [0.05, 0.1) is 5.56 Å². The molecule has 2 aromatic rings. The monoisotopic (exact) mass is 310 g/mol. The second kappa shape index (κ2) is 4.76. The van der Waals surface area contributed by atoms with E-state index in [1.165, 1.54) is 0 Å². The van der Waals surface area contributed by atoms with E-state index in [2.05, 4.69) is 0 Å². The minimum absolute atomic E-state index is 0.0296. The standard InChI is InChI=1S/C12H4F6O3/c13-3-1-2(5(14)12(21)10(3)19)4-6(15)8(17)11(20)9(18)7(4)16/h1,19-21H. The van der Waals surface area contributed by atoms with E-state index in [0.717, 1.165) is 0 Å². The molecule has 21 heavy (non-hydrogen) atoms. The van der Waals surface area contributed by atoms with Crippen molar-refractivity contribution < 1.29 is 41.7 Å². The van der Waals surface area contributed by atoms with Gasteiger partial charge in [0, 0.05) is 5.56 Å². The Kier molecular flexibility index (Phi) is 3.36. The van der Waals surface area contributed by atoms with Crippen LogP contribution in [0.3, 0.4) is 0 Å². The summed E-state index contributed by atoms with van der Waals surface area (Å²) in [5, 5.41) is 26.7. The lowest BCUT2D eigenvalue weighted by atomic mass is 10.0. The fourth-order valence-electron chi connectivity index (χ4n) is 1.64. The average Bonchev–Trinajstić information content (AvgIpc) is 2.46. The van der Waals surface area contributed by atoms with Crippen molar-refractivity contribution in [2.45, 2.75) is 0 Å². The maximum absolute atomic E-state index is 13.6. The van der Waals surface area contributed by atoms with Gasteiger partial charge in [-0.1, -0.05) is 0 Å². The fraction of sp³-hybridized carbons (Fsp3) is 0. The van der Waals surface area contributed by atoms with Crippen molar-refractivity contribution in [2.24, 2.45) is 0 Å². The highest BCUT2D eigenvalue weighted by molar-refractivity contribution is 5.70. The molecule has 9 heteroatoms. The molecule has 3 N–H and O–H groups in total. The van der Waals surface area contributed by atoms with Gasteiger partial charge in [0.15, 0.2) is 40.5 Å². The van der Waals surface area contributed by atoms with Crippen LogP contribution in [0.4, 0.5) is 26.3 Å². The van der Waals surface area contributed by atoms with E-state index in [4.69, 9.17) is 15.3 Å². The molecule has 0 heterocycles. The number of hydrogen-bond donors (Lipinski definition) is 3. The topological polar surface area (TPSA) is 60.7 Å². The first-order valence-corrected chi connectivity index (χ1v) is 5.13. The lowest BCUT2D eigenvalue weighted by Gasteiger charge is -2.11. The highest BCUT2D eigenvalue weighted by Gasteiger charge is 2.30. The van der Waals surface area contributed by atoms with E-state index >= 15 is 0 Å². The lowest BCUT2D eigenvalue weighted by molar-refractivity contribution is 0.354. The molecule has 0 spiro atoms. The third kappa shape index (κ3) is 2.01. The molecule has 0 aliphatic heterocycles. The van der Waals surface area contributed by atoms with Crippen LogP contribution in [0.5, 0.6) is 17.2 Å². The van der Waals surface area contributed by atoms with E-state index in [1.807, 2.05) is 0 Å². The first-order valence-electron chi connectivity index (χ1n) is 5.13. The maximum atomic E-state index is 13.6. The van der Waals surface area contributed by atoms with Gasteiger partial charge >= 0.3 is 0 Å². The number of hydrogen-bond acceptors (Lipinski definition) is 3. The quantitative estimate of drug-likeness (QED) is 0.430. The molecule has 0 aromatic heterocycles. The summed E-state index contributed by atoms with van der Waals surface area (Å²) in [7, 11) is 0. The van der Waals surface area contributed by atoms with E-state index < -0.39 is 63.3 Å². The zero-order valence-electron chi connectivity index (χ0n) is 9.69. The van der Waals surface area contributed by atoms with E-state index in [9.17, 15) is 26.3 Å². The Labute approximate surface area is 112 Å². The maximum Gasteiger partial charge on any atom is 0.204 e. The van der Waals surface area contributed by atoms with Crippen molar-refractivity contribution in [3.05, 3.63) is 41.0 Å². The Hall–Kier alpha value is -2.58. The summed E-state index contributed by atoms with van der Waals surface area (Å²) in [4.78, 5) is 0. The molecule has 2 aromatic carbocycles. The second-order valence-corrected chi connectivity index (χ2v) is 3.90. The van der Waals surface area contributed by atoms with E-state index in [0.29, 0.717) is 0 Å². The number of benzene rings is 2. The molecule has 0 radical (unpaired) electrons. The Morgan fingerprint density at radius 3 is 1.52 bits per heavy atom. The smallest absolute Gasteiger partial charge is 0.204 e. The molecule has 3 nitrogen and oxygen atoms in total. The van der Waals surface area contributed by atoms with Crippen molar-refractivity contribution in [3.63, 3.8) is 0 Å². The molecule has 0 aliphatic carbocycles. The van der Waals surface area contributed by atoms with Gasteiger partial charge in [-0.15, -0.1) is 0 Å². The lowest BCUT2D eigenvalue weighted by Crippen LogP contribution is -2.02. The third-order valence-corrected chi connectivity index (χ3v) is 2.68. The number of phenolic OH excluding ortho intramolecular Hbond substituents is 3. The van der Waals surface area contributed by atoms with Crippen molar-refractivity contribution in [3.8, 4) is 28.4 Å². The summed E-state index contributed by atoms with van der Waals surface area (Å²) in [6.07, 6.45) is 0. The average molecular weight is 310 g/mol. The molecule has 0 atom stereocenters. The molecule has 0 unspecified atom stereocenters. The second-order valence-electron chi connectivity index (χ2n) is 3.90. The normalized spacial score (nSPS) is 11.0. The molecule has 0 amide bonds. The van der Waals surface area contributed by atoms with Crippen LogP contribution in [0.1, 0.15) is 0 Å². The molecular formula is C12H4F6O3. The number of halogens is 6. The molecule has 0 saturated heterocycles. The molecule has 112 valence electrons. The summed E-state index contributed by atoms with van der Waals surface area (Å²) >= 11 is 0. The third-order valence-electron chi connectivity index (χ3n) is 2.68. The summed E-state index contributed by atoms with van der Waals surface area (Å²) in [5.74, 6) is -17.7. The van der Waals surface area contributed by atoms with Gasteiger partial charge in [-0.2, -0.15) is 8.78 Å². The van der Waals surface area contributed by atoms with Gasteiger partial charge in [-0.3, -0.25) is 0 Å².